The number of hydrogen-bond acceptors (Lipinski definition) is 3. The highest BCUT2D eigenvalue weighted by atomic mass is 127. The molecule has 0 aliphatic rings. The molecule has 0 bridgehead atoms. The summed E-state index contributed by atoms with van der Waals surface area (Å²) in [6, 6.07) is 10.3. The van der Waals surface area contributed by atoms with Crippen LogP contribution in [0.5, 0.6) is 0 Å². The van der Waals surface area contributed by atoms with E-state index in [2.05, 4.69) is 79.9 Å². The second-order valence-corrected chi connectivity index (χ2v) is 8.37. The number of hydrogen-bond donors (Lipinski definition) is 3. The number of aliphatic imine (C=N–C) groups is 1. The largest absolute Gasteiger partial charge is 0.355 e. The zero-order valence-corrected chi connectivity index (χ0v) is 18.7. The Labute approximate surface area is 173 Å². The smallest absolute Gasteiger partial charge is 0.191 e. The molecule has 0 aliphatic carbocycles. The highest BCUT2D eigenvalue weighted by Gasteiger charge is 2.20. The lowest BCUT2D eigenvalue weighted by Crippen LogP contribution is -2.43. The topological polar surface area (TPSA) is 65.1 Å². The van der Waals surface area contributed by atoms with E-state index in [9.17, 15) is 0 Å². The average molecular weight is 524 g/mol. The molecule has 0 saturated carbocycles. The summed E-state index contributed by atoms with van der Waals surface area (Å²) in [6.45, 7) is 5.90. The molecule has 0 aliphatic heterocycles. The van der Waals surface area contributed by atoms with Crippen LogP contribution in [-0.2, 0) is 6.54 Å². The number of guanidine groups is 1. The first-order valence-corrected chi connectivity index (χ1v) is 8.97. The third-order valence-corrected chi connectivity index (χ3v) is 4.85. The quantitative estimate of drug-likeness (QED) is 0.231. The molecule has 1 heterocycles. The van der Waals surface area contributed by atoms with Crippen molar-refractivity contribution in [3.8, 4) is 0 Å². The molecule has 5 nitrogen and oxygen atoms in total. The van der Waals surface area contributed by atoms with Crippen molar-refractivity contribution in [2.24, 2.45) is 4.99 Å². The normalized spacial score (nSPS) is 11.8. The van der Waals surface area contributed by atoms with Crippen molar-refractivity contribution in [1.29, 1.82) is 0 Å². The van der Waals surface area contributed by atoms with E-state index in [1.807, 2.05) is 17.8 Å². The van der Waals surface area contributed by atoms with Gasteiger partial charge in [-0.15, -0.1) is 35.7 Å². The lowest BCUT2D eigenvalue weighted by molar-refractivity contribution is 0.661. The minimum Gasteiger partial charge on any atom is -0.355 e. The zero-order chi connectivity index (χ0) is 16.7. The van der Waals surface area contributed by atoms with Gasteiger partial charge in [0.15, 0.2) is 5.96 Å². The van der Waals surface area contributed by atoms with Crippen molar-refractivity contribution in [3.05, 3.63) is 46.7 Å². The molecule has 2 aromatic rings. The van der Waals surface area contributed by atoms with Gasteiger partial charge in [0.2, 0.25) is 0 Å². The molecule has 132 valence electrons. The van der Waals surface area contributed by atoms with Crippen LogP contribution in [0.2, 0.25) is 0 Å². The van der Waals surface area contributed by atoms with Gasteiger partial charge in [-0.05, 0) is 44.2 Å². The summed E-state index contributed by atoms with van der Waals surface area (Å²) in [5.74, 6) is 0.782. The summed E-state index contributed by atoms with van der Waals surface area (Å²) < 4.78 is 1.14. The van der Waals surface area contributed by atoms with Gasteiger partial charge in [-0.1, -0.05) is 15.9 Å². The second kappa shape index (κ2) is 10.3. The van der Waals surface area contributed by atoms with Crippen molar-refractivity contribution < 1.29 is 0 Å². The summed E-state index contributed by atoms with van der Waals surface area (Å²) in [4.78, 5) is 5.50. The zero-order valence-electron chi connectivity index (χ0n) is 14.0. The molecule has 0 unspecified atom stereocenters. The van der Waals surface area contributed by atoms with E-state index in [1.54, 1.807) is 13.2 Å². The Kier molecular flexibility index (Phi) is 9.14. The molecule has 0 saturated heterocycles. The van der Waals surface area contributed by atoms with Gasteiger partial charge >= 0.3 is 0 Å². The fraction of sp³-hybridized carbons (Fsp3) is 0.375. The van der Waals surface area contributed by atoms with Crippen LogP contribution in [0, 0.1) is 0 Å². The van der Waals surface area contributed by atoms with Gasteiger partial charge < -0.3 is 10.6 Å². The summed E-state index contributed by atoms with van der Waals surface area (Å²) >= 11 is 5.31. The molecule has 0 amide bonds. The van der Waals surface area contributed by atoms with E-state index in [1.165, 1.54) is 4.90 Å². The Hall–Kier alpha value is -0.740. The maximum absolute atomic E-state index is 4.25. The number of nitrogens with zero attached hydrogens (tertiary/aromatic N) is 2. The number of H-pyrrole nitrogens is 1. The first-order chi connectivity index (χ1) is 11.0. The molecule has 1 aromatic heterocycles. The number of nitrogens with one attached hydrogen (secondary N) is 3. The predicted molar refractivity (Wildman–Crippen MR) is 116 cm³/mol. The first kappa shape index (κ1) is 21.3. The Morgan fingerprint density at radius 1 is 1.25 bits per heavy atom. The SMILES string of the molecule is CN=C(NCc1ccn[nH]1)NCC(C)(C)Sc1ccc(Br)cc1.I. The van der Waals surface area contributed by atoms with Gasteiger partial charge in [-0.25, -0.2) is 0 Å². The molecule has 1 aromatic carbocycles. The van der Waals surface area contributed by atoms with Crippen LogP contribution in [-0.4, -0.2) is 34.5 Å². The summed E-state index contributed by atoms with van der Waals surface area (Å²) in [5, 5.41) is 13.5. The van der Waals surface area contributed by atoms with Gasteiger partial charge in [-0.3, -0.25) is 10.1 Å². The first-order valence-electron chi connectivity index (χ1n) is 7.36. The van der Waals surface area contributed by atoms with Gasteiger partial charge in [-0.2, -0.15) is 5.10 Å². The van der Waals surface area contributed by atoms with Crippen molar-refractivity contribution in [3.63, 3.8) is 0 Å². The van der Waals surface area contributed by atoms with Crippen LogP contribution in [0.3, 0.4) is 0 Å². The number of aromatic nitrogens is 2. The molecule has 2 rings (SSSR count). The maximum atomic E-state index is 4.25. The molecule has 8 heteroatoms. The van der Waals surface area contributed by atoms with Gasteiger partial charge in [0.05, 0.1) is 12.2 Å². The molecule has 3 N–H and O–H groups in total. The third-order valence-electron chi connectivity index (χ3n) is 3.12. The predicted octanol–water partition coefficient (Wildman–Crippen LogP) is 4.03. The Balaban J connectivity index is 0.00000288. The van der Waals surface area contributed by atoms with E-state index in [0.29, 0.717) is 6.54 Å². The molecule has 0 atom stereocenters. The molecule has 0 fully saturated rings. The molecule has 24 heavy (non-hydrogen) atoms. The minimum absolute atomic E-state index is 0. The van der Waals surface area contributed by atoms with Crippen LogP contribution in [0.15, 0.2) is 50.9 Å². The van der Waals surface area contributed by atoms with Crippen molar-refractivity contribution in [1.82, 2.24) is 20.8 Å². The van der Waals surface area contributed by atoms with E-state index in [0.717, 1.165) is 22.7 Å². The van der Waals surface area contributed by atoms with E-state index < -0.39 is 0 Å². The summed E-state index contributed by atoms with van der Waals surface area (Å²) in [6.07, 6.45) is 1.74. The van der Waals surface area contributed by atoms with Gasteiger partial charge in [0.1, 0.15) is 0 Å². The Morgan fingerprint density at radius 2 is 1.96 bits per heavy atom. The van der Waals surface area contributed by atoms with Gasteiger partial charge in [0.25, 0.3) is 0 Å². The van der Waals surface area contributed by atoms with Crippen molar-refractivity contribution >= 4 is 57.6 Å². The highest BCUT2D eigenvalue weighted by molar-refractivity contribution is 14.0. The maximum Gasteiger partial charge on any atom is 0.191 e. The Morgan fingerprint density at radius 3 is 2.54 bits per heavy atom. The lowest BCUT2D eigenvalue weighted by Gasteiger charge is -2.25. The van der Waals surface area contributed by atoms with E-state index in [4.69, 9.17) is 0 Å². The number of thioether (sulfide) groups is 1. The van der Waals surface area contributed by atoms with Gasteiger partial charge in [0, 0.05) is 33.9 Å². The number of rotatable bonds is 6. The third kappa shape index (κ3) is 7.43. The standard InChI is InChI=1S/C16H22BrN5S.HI/c1-16(2,23-14-6-4-12(17)5-7-14)11-20-15(18-3)19-10-13-8-9-21-22-13;/h4-9H,10-11H2,1-3H3,(H,21,22)(H2,18,19,20);1H. The fourth-order valence-corrected chi connectivity index (χ4v) is 3.26. The molecule has 0 radical (unpaired) electrons. The van der Waals surface area contributed by atoms with Crippen molar-refractivity contribution in [2.45, 2.75) is 30.0 Å². The number of benzene rings is 1. The van der Waals surface area contributed by atoms with Crippen LogP contribution < -0.4 is 10.6 Å². The summed E-state index contributed by atoms with van der Waals surface area (Å²) in [5.41, 5.74) is 1.02. The number of halogens is 2. The lowest BCUT2D eigenvalue weighted by atomic mass is 10.2. The molecule has 0 spiro atoms. The number of aromatic amines is 1. The van der Waals surface area contributed by atoms with Crippen LogP contribution in [0.4, 0.5) is 0 Å². The van der Waals surface area contributed by atoms with Crippen LogP contribution in [0.1, 0.15) is 19.5 Å². The monoisotopic (exact) mass is 523 g/mol. The molecular weight excluding hydrogens is 501 g/mol. The second-order valence-electron chi connectivity index (χ2n) is 5.68. The average Bonchev–Trinajstić information content (AvgIpc) is 3.03. The summed E-state index contributed by atoms with van der Waals surface area (Å²) in [7, 11) is 1.77. The fourth-order valence-electron chi connectivity index (χ4n) is 1.94. The highest BCUT2D eigenvalue weighted by Crippen LogP contribution is 2.32. The molecular formula is C16H23BrIN5S. The van der Waals surface area contributed by atoms with Crippen LogP contribution in [0.25, 0.3) is 0 Å². The Bertz CT molecular complexity index is 628. The van der Waals surface area contributed by atoms with E-state index in [-0.39, 0.29) is 28.7 Å². The van der Waals surface area contributed by atoms with Crippen molar-refractivity contribution in [2.75, 3.05) is 13.6 Å². The van der Waals surface area contributed by atoms with E-state index >= 15 is 0 Å². The minimum atomic E-state index is 0. The van der Waals surface area contributed by atoms with Crippen LogP contribution >= 0.6 is 51.7 Å².